The van der Waals surface area contributed by atoms with Crippen LogP contribution in [0.5, 0.6) is 17.2 Å². The van der Waals surface area contributed by atoms with Crippen LogP contribution in [0.4, 0.5) is 17.1 Å². The smallest absolute Gasteiger partial charge is 0.266 e. The lowest BCUT2D eigenvalue weighted by atomic mass is 9.83. The van der Waals surface area contributed by atoms with E-state index in [-0.39, 0.29) is 37.4 Å². The Balaban J connectivity index is 1.18. The van der Waals surface area contributed by atoms with Crippen LogP contribution in [-0.2, 0) is 21.7 Å². The summed E-state index contributed by atoms with van der Waals surface area (Å²) in [5.41, 5.74) is 1.37. The lowest BCUT2D eigenvalue weighted by Crippen LogP contribution is -2.44. The van der Waals surface area contributed by atoms with Gasteiger partial charge in [0.2, 0.25) is 5.91 Å². The number of amides is 3. The van der Waals surface area contributed by atoms with Crippen LogP contribution in [0.1, 0.15) is 47.7 Å². The number of rotatable bonds is 9. The van der Waals surface area contributed by atoms with Gasteiger partial charge in [0.1, 0.15) is 11.5 Å². The number of likely N-dealkylation sites (tertiary alicyclic amines) is 1. The highest BCUT2D eigenvalue weighted by atomic mass is 16.5. The van der Waals surface area contributed by atoms with Crippen molar-refractivity contribution in [3.05, 3.63) is 120 Å². The predicted molar refractivity (Wildman–Crippen MR) is 189 cm³/mol. The molecule has 2 N–H and O–H groups in total. The number of para-hydroxylation sites is 3. The largest absolute Gasteiger partial charge is 0.497 e. The molecule has 4 aromatic rings. The first-order valence-electron chi connectivity index (χ1n) is 16.8. The maximum atomic E-state index is 14.3. The molecule has 0 spiro atoms. The van der Waals surface area contributed by atoms with Crippen LogP contribution >= 0.6 is 0 Å². The van der Waals surface area contributed by atoms with E-state index < -0.39 is 17.4 Å². The maximum absolute atomic E-state index is 14.3. The van der Waals surface area contributed by atoms with E-state index in [1.54, 1.807) is 70.2 Å². The highest BCUT2D eigenvalue weighted by Gasteiger charge is 2.52. The number of carbonyl (C=O) groups is 3. The molecular formula is C40H39N3O7. The van der Waals surface area contributed by atoms with E-state index in [0.29, 0.717) is 52.0 Å². The molecule has 3 atom stereocenters. The summed E-state index contributed by atoms with van der Waals surface area (Å²) in [5, 5.41) is 21.9. The van der Waals surface area contributed by atoms with Crippen molar-refractivity contribution in [1.29, 1.82) is 0 Å². The fourth-order valence-electron chi connectivity index (χ4n) is 7.24. The molecule has 7 rings (SSSR count). The number of hydrogen-bond donors (Lipinski definition) is 2. The van der Waals surface area contributed by atoms with Crippen LogP contribution in [0.25, 0.3) is 0 Å². The van der Waals surface area contributed by atoms with Crippen molar-refractivity contribution in [2.24, 2.45) is 5.92 Å². The molecule has 4 aromatic carbocycles. The quantitative estimate of drug-likeness (QED) is 0.207. The summed E-state index contributed by atoms with van der Waals surface area (Å²) in [5.74, 6) is -0.0419. The van der Waals surface area contributed by atoms with Crippen molar-refractivity contribution in [1.82, 2.24) is 4.90 Å². The van der Waals surface area contributed by atoms with Crippen molar-refractivity contribution >= 4 is 34.8 Å². The third-order valence-corrected chi connectivity index (χ3v) is 9.92. The Labute approximate surface area is 290 Å². The van der Waals surface area contributed by atoms with E-state index in [1.807, 2.05) is 54.6 Å². The Morgan fingerprint density at radius 1 is 1.00 bits per heavy atom. The van der Waals surface area contributed by atoms with Gasteiger partial charge in [0.15, 0.2) is 11.4 Å². The number of nitrogens with zero attached hydrogens (tertiary/aromatic N) is 3. The van der Waals surface area contributed by atoms with Gasteiger partial charge in [-0.05, 0) is 73.0 Å². The number of benzene rings is 4. The summed E-state index contributed by atoms with van der Waals surface area (Å²) in [4.78, 5) is 46.1. The van der Waals surface area contributed by atoms with Crippen LogP contribution in [0, 0.1) is 5.92 Å². The van der Waals surface area contributed by atoms with E-state index in [1.165, 1.54) is 7.11 Å². The van der Waals surface area contributed by atoms with Gasteiger partial charge in [0, 0.05) is 30.1 Å². The first kappa shape index (κ1) is 33.1. The van der Waals surface area contributed by atoms with Gasteiger partial charge in [-0.2, -0.15) is 0 Å². The molecule has 1 saturated heterocycles. The van der Waals surface area contributed by atoms with Gasteiger partial charge >= 0.3 is 0 Å². The van der Waals surface area contributed by atoms with E-state index in [0.717, 1.165) is 18.4 Å². The molecule has 10 heteroatoms. The van der Waals surface area contributed by atoms with Crippen LogP contribution in [-0.4, -0.2) is 59.1 Å². The van der Waals surface area contributed by atoms with E-state index in [9.17, 15) is 24.6 Å². The normalized spacial score (nSPS) is 20.3. The van der Waals surface area contributed by atoms with Crippen molar-refractivity contribution < 1.29 is 34.1 Å². The van der Waals surface area contributed by atoms with Crippen molar-refractivity contribution in [3.63, 3.8) is 0 Å². The number of aliphatic hydroxyl groups is 2. The second-order valence-corrected chi connectivity index (χ2v) is 12.9. The Hall–Kier alpha value is -5.45. The molecule has 3 heterocycles. The molecule has 0 aromatic heterocycles. The number of carbonyl (C=O) groups excluding carboxylic acids is 3. The Kier molecular flexibility index (Phi) is 8.90. The third kappa shape index (κ3) is 5.70. The average Bonchev–Trinajstić information content (AvgIpc) is 3.67. The lowest BCUT2D eigenvalue weighted by Gasteiger charge is -2.28. The number of methoxy groups -OCH3 is 1. The monoisotopic (exact) mass is 673 g/mol. The van der Waals surface area contributed by atoms with Gasteiger partial charge in [-0.25, -0.2) is 0 Å². The van der Waals surface area contributed by atoms with Crippen molar-refractivity contribution in [3.8, 4) is 17.2 Å². The SMILES string of the molecule is COc1ccc2c(c1)[C@@](O)([C@H](C)/C=C/CC(=O)N1CCC[C@H]1CO)C(=O)N2Cc1cccc(N2C(=O)c3ccccc3Oc3ccccc32)c1. The Bertz CT molecular complexity index is 1990. The van der Waals surface area contributed by atoms with Gasteiger partial charge in [-0.3, -0.25) is 19.3 Å². The van der Waals surface area contributed by atoms with Crippen LogP contribution in [0.15, 0.2) is 103 Å². The summed E-state index contributed by atoms with van der Waals surface area (Å²) >= 11 is 0. The van der Waals surface area contributed by atoms with Gasteiger partial charge in [-0.1, -0.05) is 55.5 Å². The highest BCUT2D eigenvalue weighted by molar-refractivity contribution is 6.14. The zero-order chi connectivity index (χ0) is 35.0. The van der Waals surface area contributed by atoms with E-state index in [4.69, 9.17) is 9.47 Å². The lowest BCUT2D eigenvalue weighted by molar-refractivity contribution is -0.139. The Morgan fingerprint density at radius 3 is 2.58 bits per heavy atom. The molecule has 0 bridgehead atoms. The molecule has 0 unspecified atom stereocenters. The molecule has 3 aliphatic rings. The fraction of sp³-hybridized carbons (Fsp3) is 0.275. The van der Waals surface area contributed by atoms with Crippen LogP contribution in [0.3, 0.4) is 0 Å². The summed E-state index contributed by atoms with van der Waals surface area (Å²) < 4.78 is 11.6. The van der Waals surface area contributed by atoms with Gasteiger partial charge < -0.3 is 29.5 Å². The van der Waals surface area contributed by atoms with Crippen LogP contribution < -0.4 is 19.3 Å². The number of fused-ring (bicyclic) bond motifs is 3. The molecule has 0 radical (unpaired) electrons. The van der Waals surface area contributed by atoms with E-state index in [2.05, 4.69) is 0 Å². The summed E-state index contributed by atoms with van der Waals surface area (Å²) in [7, 11) is 1.53. The molecule has 0 aliphatic carbocycles. The number of ether oxygens (including phenoxy) is 2. The van der Waals surface area contributed by atoms with Crippen LogP contribution in [0.2, 0.25) is 0 Å². The number of hydrogen-bond acceptors (Lipinski definition) is 7. The second-order valence-electron chi connectivity index (χ2n) is 12.9. The molecule has 3 aliphatic heterocycles. The second kappa shape index (κ2) is 13.5. The zero-order valence-corrected chi connectivity index (χ0v) is 28.0. The standard InChI is InChI=1S/C40H39N3O7/c1-26(10-7-18-37(45)41-21-9-13-29(41)25-44)40(48)32-23-30(49-2)19-20-33(32)42(39(40)47)24-27-11-8-12-28(22-27)43-34-15-4-6-17-36(34)50-35-16-5-3-14-31(35)38(43)46/h3-8,10-12,14-17,19-20,22-23,26,29,44,48H,9,13,18,21,24-25H2,1-2H3/b10-7+/t26-,29+,40+/m1/s1. The number of anilines is 3. The Morgan fingerprint density at radius 2 is 1.78 bits per heavy atom. The summed E-state index contributed by atoms with van der Waals surface area (Å²) in [6, 6.07) is 26.9. The molecule has 10 nitrogen and oxygen atoms in total. The third-order valence-electron chi connectivity index (χ3n) is 9.92. The van der Waals surface area contributed by atoms with Crippen molar-refractivity contribution in [2.45, 2.75) is 44.4 Å². The molecule has 3 amide bonds. The van der Waals surface area contributed by atoms with Crippen molar-refractivity contribution in [2.75, 3.05) is 30.1 Å². The maximum Gasteiger partial charge on any atom is 0.266 e. The van der Waals surface area contributed by atoms with E-state index >= 15 is 0 Å². The predicted octanol–water partition coefficient (Wildman–Crippen LogP) is 6.08. The average molecular weight is 674 g/mol. The minimum absolute atomic E-state index is 0.0680. The number of aliphatic hydroxyl groups excluding tert-OH is 1. The molecule has 50 heavy (non-hydrogen) atoms. The minimum Gasteiger partial charge on any atom is -0.497 e. The molecule has 0 saturated carbocycles. The molecular weight excluding hydrogens is 634 g/mol. The summed E-state index contributed by atoms with van der Waals surface area (Å²) in [6.45, 7) is 2.42. The molecule has 1 fully saturated rings. The topological polar surface area (TPSA) is 120 Å². The van der Waals surface area contributed by atoms with Gasteiger partial charge in [-0.15, -0.1) is 0 Å². The highest BCUT2D eigenvalue weighted by Crippen LogP contribution is 2.48. The zero-order valence-electron chi connectivity index (χ0n) is 28.0. The first-order valence-corrected chi connectivity index (χ1v) is 16.8. The van der Waals surface area contributed by atoms with Gasteiger partial charge in [0.05, 0.1) is 43.2 Å². The molecule has 256 valence electrons. The fourth-order valence-corrected chi connectivity index (χ4v) is 7.24. The first-order chi connectivity index (χ1) is 24.2. The minimum atomic E-state index is -1.93. The van der Waals surface area contributed by atoms with Gasteiger partial charge in [0.25, 0.3) is 11.8 Å². The summed E-state index contributed by atoms with van der Waals surface area (Å²) in [6.07, 6.45) is 5.12.